The van der Waals surface area contributed by atoms with Crippen molar-refractivity contribution in [2.45, 2.75) is 27.2 Å². The largest absolute Gasteiger partial charge is 0.0625 e. The summed E-state index contributed by atoms with van der Waals surface area (Å²) in [7, 11) is 0. The summed E-state index contributed by atoms with van der Waals surface area (Å²) in [6, 6.07) is 15.3. The zero-order valence-electron chi connectivity index (χ0n) is 11.2. The maximum atomic E-state index is 3.63. The Hall–Kier alpha value is -1.08. The Morgan fingerprint density at radius 1 is 1.06 bits per heavy atom. The van der Waals surface area contributed by atoms with E-state index in [0.717, 1.165) is 10.9 Å². The molecule has 0 radical (unpaired) electrons. The van der Waals surface area contributed by atoms with Crippen LogP contribution in [0.5, 0.6) is 0 Å². The Bertz CT molecular complexity index is 541. The highest BCUT2D eigenvalue weighted by molar-refractivity contribution is 9.10. The van der Waals surface area contributed by atoms with Crippen molar-refractivity contribution in [1.82, 2.24) is 0 Å². The smallest absolute Gasteiger partial charge is 0.0253 e. The van der Waals surface area contributed by atoms with E-state index in [-0.39, 0.29) is 0 Å². The minimum atomic E-state index is 0.693. The normalized spacial score (nSPS) is 10.9. The first-order chi connectivity index (χ1) is 8.56. The third-order valence-electron chi connectivity index (χ3n) is 2.97. The first-order valence-electron chi connectivity index (χ1n) is 6.41. The summed E-state index contributed by atoms with van der Waals surface area (Å²) in [5, 5.41) is 0. The number of rotatable bonds is 3. The highest BCUT2D eigenvalue weighted by atomic mass is 79.9. The zero-order chi connectivity index (χ0) is 13.1. The van der Waals surface area contributed by atoms with Gasteiger partial charge in [0, 0.05) is 4.47 Å². The molecule has 0 aliphatic rings. The maximum absolute atomic E-state index is 3.63. The van der Waals surface area contributed by atoms with Gasteiger partial charge >= 0.3 is 0 Å². The van der Waals surface area contributed by atoms with E-state index in [2.05, 4.69) is 79.2 Å². The van der Waals surface area contributed by atoms with Crippen LogP contribution in [0.2, 0.25) is 0 Å². The molecule has 0 amide bonds. The fourth-order valence-corrected chi connectivity index (χ4v) is 2.82. The quantitative estimate of drug-likeness (QED) is 0.690. The summed E-state index contributed by atoms with van der Waals surface area (Å²) < 4.78 is 1.16. The Labute approximate surface area is 118 Å². The van der Waals surface area contributed by atoms with E-state index < -0.39 is 0 Å². The van der Waals surface area contributed by atoms with Crippen molar-refractivity contribution in [3.8, 4) is 11.1 Å². The van der Waals surface area contributed by atoms with Gasteiger partial charge in [-0.2, -0.15) is 0 Å². The van der Waals surface area contributed by atoms with Crippen LogP contribution in [0, 0.1) is 12.8 Å². The average Bonchev–Trinajstić information content (AvgIpc) is 2.27. The number of benzene rings is 2. The lowest BCUT2D eigenvalue weighted by Gasteiger charge is -2.11. The van der Waals surface area contributed by atoms with Crippen molar-refractivity contribution >= 4 is 15.9 Å². The predicted octanol–water partition coefficient (Wildman–Crippen LogP) is 5.62. The number of hydrogen-bond acceptors (Lipinski definition) is 0. The van der Waals surface area contributed by atoms with E-state index in [4.69, 9.17) is 0 Å². The molecule has 18 heavy (non-hydrogen) atoms. The molecule has 0 spiro atoms. The molecule has 0 aromatic heterocycles. The molecule has 2 aromatic carbocycles. The molecular weight excluding hydrogens is 284 g/mol. The minimum absolute atomic E-state index is 0.693. The first-order valence-corrected chi connectivity index (χ1v) is 7.21. The van der Waals surface area contributed by atoms with E-state index in [0.29, 0.717) is 5.92 Å². The lowest BCUT2D eigenvalue weighted by molar-refractivity contribution is 0.647. The molecule has 0 aliphatic carbocycles. The second-order valence-electron chi connectivity index (χ2n) is 5.29. The van der Waals surface area contributed by atoms with E-state index in [1.165, 1.54) is 22.3 Å². The van der Waals surface area contributed by atoms with Gasteiger partial charge in [-0.3, -0.25) is 0 Å². The predicted molar refractivity (Wildman–Crippen MR) is 82.9 cm³/mol. The van der Waals surface area contributed by atoms with Gasteiger partial charge in [-0.15, -0.1) is 0 Å². The molecule has 0 saturated carbocycles. The van der Waals surface area contributed by atoms with Crippen LogP contribution in [0.3, 0.4) is 0 Å². The molecule has 0 bridgehead atoms. The molecule has 0 saturated heterocycles. The molecular formula is C17H19Br. The standard InChI is InChI=1S/C17H19Br/c1-12(2)8-14-9-13(3)10-15(11-14)16-6-4-5-7-17(16)18/h4-7,9-12H,8H2,1-3H3. The summed E-state index contributed by atoms with van der Waals surface area (Å²) in [6.07, 6.45) is 1.14. The van der Waals surface area contributed by atoms with Crippen LogP contribution in [0.4, 0.5) is 0 Å². The second kappa shape index (κ2) is 5.71. The molecule has 0 N–H and O–H groups in total. The fourth-order valence-electron chi connectivity index (χ4n) is 2.30. The van der Waals surface area contributed by atoms with Gasteiger partial charge in [0.1, 0.15) is 0 Å². The van der Waals surface area contributed by atoms with Crippen molar-refractivity contribution < 1.29 is 0 Å². The van der Waals surface area contributed by atoms with Crippen molar-refractivity contribution in [2.75, 3.05) is 0 Å². The molecule has 1 heteroatoms. The molecule has 0 heterocycles. The topological polar surface area (TPSA) is 0 Å². The van der Waals surface area contributed by atoms with Crippen LogP contribution in [0.15, 0.2) is 46.9 Å². The van der Waals surface area contributed by atoms with Gasteiger partial charge in [0.05, 0.1) is 0 Å². The third-order valence-corrected chi connectivity index (χ3v) is 3.66. The molecule has 0 unspecified atom stereocenters. The van der Waals surface area contributed by atoms with Crippen LogP contribution in [-0.2, 0) is 6.42 Å². The summed E-state index contributed by atoms with van der Waals surface area (Å²) in [6.45, 7) is 6.70. The van der Waals surface area contributed by atoms with Gasteiger partial charge in [0.25, 0.3) is 0 Å². The monoisotopic (exact) mass is 302 g/mol. The summed E-state index contributed by atoms with van der Waals surface area (Å²) in [5.41, 5.74) is 5.33. The van der Waals surface area contributed by atoms with Crippen molar-refractivity contribution in [1.29, 1.82) is 0 Å². The molecule has 0 atom stereocenters. The molecule has 2 aromatic rings. The molecule has 0 nitrogen and oxygen atoms in total. The summed E-state index contributed by atoms with van der Waals surface area (Å²) >= 11 is 3.63. The van der Waals surface area contributed by atoms with Crippen LogP contribution in [0.25, 0.3) is 11.1 Å². The number of aryl methyl sites for hydroxylation is 1. The van der Waals surface area contributed by atoms with Gasteiger partial charge in [-0.25, -0.2) is 0 Å². The molecule has 94 valence electrons. The van der Waals surface area contributed by atoms with E-state index >= 15 is 0 Å². The van der Waals surface area contributed by atoms with Crippen molar-refractivity contribution in [3.05, 3.63) is 58.1 Å². The van der Waals surface area contributed by atoms with Crippen LogP contribution < -0.4 is 0 Å². The minimum Gasteiger partial charge on any atom is -0.0625 e. The lowest BCUT2D eigenvalue weighted by atomic mass is 9.96. The molecule has 2 rings (SSSR count). The first kappa shape index (κ1) is 13.4. The summed E-state index contributed by atoms with van der Waals surface area (Å²) in [4.78, 5) is 0. The average molecular weight is 303 g/mol. The van der Waals surface area contributed by atoms with Crippen LogP contribution >= 0.6 is 15.9 Å². The highest BCUT2D eigenvalue weighted by Crippen LogP contribution is 2.29. The molecule has 0 fully saturated rings. The number of hydrogen-bond donors (Lipinski definition) is 0. The lowest BCUT2D eigenvalue weighted by Crippen LogP contribution is -1.95. The number of halogens is 1. The van der Waals surface area contributed by atoms with E-state index in [1.807, 2.05) is 0 Å². The highest BCUT2D eigenvalue weighted by Gasteiger charge is 2.06. The van der Waals surface area contributed by atoms with Gasteiger partial charge in [0.15, 0.2) is 0 Å². The zero-order valence-corrected chi connectivity index (χ0v) is 12.8. The SMILES string of the molecule is Cc1cc(CC(C)C)cc(-c2ccccc2Br)c1. The van der Waals surface area contributed by atoms with Gasteiger partial charge < -0.3 is 0 Å². The Kier molecular flexibility index (Phi) is 4.23. The Morgan fingerprint density at radius 3 is 2.44 bits per heavy atom. The summed E-state index contributed by atoms with van der Waals surface area (Å²) in [5.74, 6) is 0.693. The Morgan fingerprint density at radius 2 is 1.78 bits per heavy atom. The maximum Gasteiger partial charge on any atom is 0.0253 e. The van der Waals surface area contributed by atoms with Crippen molar-refractivity contribution in [3.63, 3.8) is 0 Å². The van der Waals surface area contributed by atoms with E-state index in [9.17, 15) is 0 Å². The van der Waals surface area contributed by atoms with E-state index in [1.54, 1.807) is 0 Å². The van der Waals surface area contributed by atoms with Gasteiger partial charge in [-0.05, 0) is 42.0 Å². The molecule has 0 aliphatic heterocycles. The third kappa shape index (κ3) is 3.23. The van der Waals surface area contributed by atoms with Gasteiger partial charge in [-0.1, -0.05) is 71.7 Å². The second-order valence-corrected chi connectivity index (χ2v) is 6.14. The van der Waals surface area contributed by atoms with Crippen LogP contribution in [-0.4, -0.2) is 0 Å². The van der Waals surface area contributed by atoms with Gasteiger partial charge in [0.2, 0.25) is 0 Å². The Balaban J connectivity index is 2.45. The fraction of sp³-hybridized carbons (Fsp3) is 0.294. The van der Waals surface area contributed by atoms with Crippen molar-refractivity contribution in [2.24, 2.45) is 5.92 Å². The van der Waals surface area contributed by atoms with Crippen LogP contribution in [0.1, 0.15) is 25.0 Å².